The van der Waals surface area contributed by atoms with Crippen LogP contribution in [0.25, 0.3) is 0 Å². The molecular weight excluding hydrogens is 372 g/mol. The Morgan fingerprint density at radius 1 is 1.22 bits per heavy atom. The van der Waals surface area contributed by atoms with Crippen LogP contribution in [0.5, 0.6) is 0 Å². The van der Waals surface area contributed by atoms with Crippen molar-refractivity contribution in [3.8, 4) is 0 Å². The zero-order valence-electron chi connectivity index (χ0n) is 11.1. The lowest BCUT2D eigenvalue weighted by Gasteiger charge is -2.26. The second-order valence-corrected chi connectivity index (χ2v) is 6.09. The Morgan fingerprint density at radius 2 is 1.74 bits per heavy atom. The van der Waals surface area contributed by atoms with Crippen molar-refractivity contribution in [2.45, 2.75) is 22.5 Å². The maximum Gasteiger partial charge on any atom is 0.490 e. The van der Waals surface area contributed by atoms with Gasteiger partial charge < -0.3 is 10.4 Å². The molecule has 0 spiro atoms. The van der Waals surface area contributed by atoms with Crippen LogP contribution in [0.4, 0.5) is 26.3 Å². The van der Waals surface area contributed by atoms with Gasteiger partial charge in [-0.25, -0.2) is 4.79 Å². The van der Waals surface area contributed by atoms with Crippen molar-refractivity contribution in [2.75, 3.05) is 13.1 Å². The number of carbonyl (C=O) groups is 1. The molecule has 0 atom stereocenters. The number of carboxylic acids is 1. The summed E-state index contributed by atoms with van der Waals surface area (Å²) >= 11 is 7.33. The van der Waals surface area contributed by atoms with Crippen molar-refractivity contribution in [1.29, 1.82) is 0 Å². The SMILES string of the molecule is FC(F)(F)c1ccc(SC2CNC2)c(Cl)c1.O=C(O)C(F)(F)F. The number of rotatable bonds is 2. The molecule has 1 fully saturated rings. The summed E-state index contributed by atoms with van der Waals surface area (Å²) in [5.74, 6) is -2.76. The van der Waals surface area contributed by atoms with E-state index >= 15 is 0 Å². The van der Waals surface area contributed by atoms with Crippen molar-refractivity contribution in [1.82, 2.24) is 5.32 Å². The van der Waals surface area contributed by atoms with E-state index in [9.17, 15) is 26.3 Å². The van der Waals surface area contributed by atoms with Crippen LogP contribution in [0.1, 0.15) is 5.56 Å². The zero-order valence-corrected chi connectivity index (χ0v) is 12.7. The van der Waals surface area contributed by atoms with Crippen LogP contribution < -0.4 is 5.32 Å². The van der Waals surface area contributed by atoms with Gasteiger partial charge >= 0.3 is 18.3 Å². The number of hydrogen-bond acceptors (Lipinski definition) is 3. The van der Waals surface area contributed by atoms with E-state index in [0.717, 1.165) is 25.2 Å². The van der Waals surface area contributed by atoms with Crippen LogP contribution in [-0.2, 0) is 11.0 Å². The van der Waals surface area contributed by atoms with Gasteiger partial charge in [0.1, 0.15) is 0 Å². The van der Waals surface area contributed by atoms with Gasteiger partial charge in [-0.05, 0) is 18.2 Å². The lowest BCUT2D eigenvalue weighted by atomic mass is 10.2. The van der Waals surface area contributed by atoms with Gasteiger partial charge in [0, 0.05) is 23.2 Å². The fraction of sp³-hybridized carbons (Fsp3) is 0.417. The van der Waals surface area contributed by atoms with Crippen molar-refractivity contribution in [2.24, 2.45) is 0 Å². The van der Waals surface area contributed by atoms with Crippen LogP contribution >= 0.6 is 23.4 Å². The van der Waals surface area contributed by atoms with Crippen LogP contribution in [0, 0.1) is 0 Å². The third kappa shape index (κ3) is 6.48. The van der Waals surface area contributed by atoms with Gasteiger partial charge in [-0.3, -0.25) is 0 Å². The highest BCUT2D eigenvalue weighted by Crippen LogP contribution is 2.37. The van der Waals surface area contributed by atoms with Crippen molar-refractivity contribution in [3.05, 3.63) is 28.8 Å². The van der Waals surface area contributed by atoms with Gasteiger partial charge in [0.2, 0.25) is 0 Å². The highest BCUT2D eigenvalue weighted by molar-refractivity contribution is 8.00. The molecule has 0 aliphatic carbocycles. The topological polar surface area (TPSA) is 49.3 Å². The van der Waals surface area contributed by atoms with Crippen molar-refractivity contribution >= 4 is 29.3 Å². The third-order valence-electron chi connectivity index (χ3n) is 2.54. The monoisotopic (exact) mass is 381 g/mol. The fourth-order valence-electron chi connectivity index (χ4n) is 1.30. The first-order chi connectivity index (χ1) is 10.4. The van der Waals surface area contributed by atoms with E-state index in [4.69, 9.17) is 21.5 Å². The summed E-state index contributed by atoms with van der Waals surface area (Å²) < 4.78 is 68.8. The van der Waals surface area contributed by atoms with Crippen LogP contribution in [0.2, 0.25) is 5.02 Å². The predicted molar refractivity (Wildman–Crippen MR) is 72.7 cm³/mol. The molecule has 0 amide bonds. The maximum atomic E-state index is 12.4. The molecule has 1 aliphatic rings. The minimum atomic E-state index is -5.08. The second kappa shape index (κ2) is 7.63. The Morgan fingerprint density at radius 3 is 2.04 bits per heavy atom. The van der Waals surface area contributed by atoms with Gasteiger partial charge in [-0.2, -0.15) is 26.3 Å². The number of thioether (sulfide) groups is 1. The predicted octanol–water partition coefficient (Wildman–Crippen LogP) is 4.06. The number of nitrogens with one attached hydrogen (secondary N) is 1. The molecule has 130 valence electrons. The summed E-state index contributed by atoms with van der Waals surface area (Å²) in [4.78, 5) is 9.61. The Kier molecular flexibility index (Phi) is 6.60. The molecule has 0 aromatic heterocycles. The summed E-state index contributed by atoms with van der Waals surface area (Å²) in [5.41, 5.74) is -0.700. The largest absolute Gasteiger partial charge is 0.490 e. The third-order valence-corrected chi connectivity index (χ3v) is 4.24. The van der Waals surface area contributed by atoms with Crippen LogP contribution in [0.15, 0.2) is 23.1 Å². The first-order valence-electron chi connectivity index (χ1n) is 5.95. The highest BCUT2D eigenvalue weighted by atomic mass is 35.5. The molecule has 3 nitrogen and oxygen atoms in total. The first kappa shape index (κ1) is 19.9. The molecule has 0 radical (unpaired) electrons. The number of alkyl halides is 6. The Hall–Kier alpha value is -1.13. The summed E-state index contributed by atoms with van der Waals surface area (Å²) in [6.45, 7) is 1.75. The Bertz CT molecular complexity index is 559. The Labute approximate surface area is 136 Å². The van der Waals surface area contributed by atoms with Gasteiger partial charge in [-0.1, -0.05) is 11.6 Å². The van der Waals surface area contributed by atoms with E-state index in [1.807, 2.05) is 0 Å². The standard InChI is InChI=1S/C10H9ClF3NS.C2HF3O2/c11-8-3-6(10(12,13)14)1-2-9(8)16-7-4-15-5-7;3-2(4,5)1(6)7/h1-3,7,15H,4-5H2;(H,6,7). The molecule has 0 bridgehead atoms. The number of carboxylic acid groups (broad SMARTS) is 1. The lowest BCUT2D eigenvalue weighted by Crippen LogP contribution is -2.44. The van der Waals surface area contributed by atoms with E-state index in [-0.39, 0.29) is 5.02 Å². The molecule has 23 heavy (non-hydrogen) atoms. The summed E-state index contributed by atoms with van der Waals surface area (Å²) in [5, 5.41) is 10.8. The van der Waals surface area contributed by atoms with Crippen LogP contribution in [0.3, 0.4) is 0 Å². The van der Waals surface area contributed by atoms with Gasteiger partial charge in [0.15, 0.2) is 0 Å². The molecule has 0 unspecified atom stereocenters. The Balaban J connectivity index is 0.000000322. The van der Waals surface area contributed by atoms with Crippen molar-refractivity contribution < 1.29 is 36.2 Å². The molecule has 2 rings (SSSR count). The fourth-order valence-corrected chi connectivity index (χ4v) is 2.69. The number of halogens is 7. The average Bonchev–Trinajstić information content (AvgIpc) is 2.33. The van der Waals surface area contributed by atoms with Gasteiger partial charge in [0.05, 0.1) is 10.6 Å². The number of hydrogen-bond donors (Lipinski definition) is 2. The van der Waals surface area contributed by atoms with E-state index in [2.05, 4.69) is 5.32 Å². The maximum absolute atomic E-state index is 12.4. The van der Waals surface area contributed by atoms with E-state index in [1.165, 1.54) is 17.8 Å². The van der Waals surface area contributed by atoms with E-state index < -0.39 is 23.9 Å². The van der Waals surface area contributed by atoms with Crippen molar-refractivity contribution in [3.63, 3.8) is 0 Å². The zero-order chi connectivity index (χ0) is 17.8. The minimum Gasteiger partial charge on any atom is -0.475 e. The van der Waals surface area contributed by atoms with Gasteiger partial charge in [-0.15, -0.1) is 11.8 Å². The minimum absolute atomic E-state index is 0.173. The molecule has 1 heterocycles. The molecule has 1 aliphatic heterocycles. The summed E-state index contributed by atoms with van der Waals surface area (Å²) in [6.07, 6.45) is -9.41. The molecule has 1 saturated heterocycles. The molecular formula is C12H10ClF6NO2S. The molecule has 1 aromatic carbocycles. The molecule has 0 saturated carbocycles. The average molecular weight is 382 g/mol. The quantitative estimate of drug-likeness (QED) is 0.759. The van der Waals surface area contributed by atoms with E-state index in [1.54, 1.807) is 0 Å². The molecule has 11 heteroatoms. The first-order valence-corrected chi connectivity index (χ1v) is 7.21. The highest BCUT2D eigenvalue weighted by Gasteiger charge is 2.38. The number of aliphatic carboxylic acids is 1. The molecule has 1 aromatic rings. The van der Waals surface area contributed by atoms with E-state index in [0.29, 0.717) is 10.1 Å². The smallest absolute Gasteiger partial charge is 0.475 e. The van der Waals surface area contributed by atoms with Crippen LogP contribution in [-0.4, -0.2) is 35.6 Å². The molecule has 2 N–H and O–H groups in total. The number of benzene rings is 1. The van der Waals surface area contributed by atoms with Gasteiger partial charge in [0.25, 0.3) is 0 Å². The lowest BCUT2D eigenvalue weighted by molar-refractivity contribution is -0.192. The summed E-state index contributed by atoms with van der Waals surface area (Å²) in [7, 11) is 0. The normalized spacial score (nSPS) is 15.4. The summed E-state index contributed by atoms with van der Waals surface area (Å²) in [6, 6.07) is 3.49. The second-order valence-electron chi connectivity index (χ2n) is 4.34.